The smallest absolute Gasteiger partial charge is 0.225 e. The standard InChI is InChI=1S/C25H34N4O2.HI/c1-4-26-25(28-22-13-14-29(17-22)24(30)19(2)3)27-16-21-11-8-12-23(15-21)31-18-20-9-6-5-7-10-20;/h5-12,15,19,22H,4,13-14,16-18H2,1-3H3,(H2,26,27,28);1H. The highest BCUT2D eigenvalue weighted by atomic mass is 127. The van der Waals surface area contributed by atoms with Gasteiger partial charge in [-0.05, 0) is 36.6 Å². The lowest BCUT2D eigenvalue weighted by Gasteiger charge is -2.20. The van der Waals surface area contributed by atoms with E-state index in [9.17, 15) is 4.79 Å². The molecule has 1 heterocycles. The van der Waals surface area contributed by atoms with Crippen LogP contribution in [0.5, 0.6) is 5.75 Å². The lowest BCUT2D eigenvalue weighted by Crippen LogP contribution is -2.45. The molecular weight excluding hydrogens is 515 g/mol. The van der Waals surface area contributed by atoms with Crippen molar-refractivity contribution < 1.29 is 9.53 Å². The molecule has 1 saturated heterocycles. The third-order valence-corrected chi connectivity index (χ3v) is 5.25. The quantitative estimate of drug-likeness (QED) is 0.294. The minimum atomic E-state index is 0. The number of hydrogen-bond acceptors (Lipinski definition) is 3. The van der Waals surface area contributed by atoms with E-state index in [0.29, 0.717) is 13.2 Å². The maximum atomic E-state index is 12.2. The summed E-state index contributed by atoms with van der Waals surface area (Å²) in [5.41, 5.74) is 2.23. The van der Waals surface area contributed by atoms with Gasteiger partial charge in [0, 0.05) is 31.6 Å². The van der Waals surface area contributed by atoms with Gasteiger partial charge in [0.15, 0.2) is 5.96 Å². The summed E-state index contributed by atoms with van der Waals surface area (Å²) < 4.78 is 5.93. The number of hydrogen-bond donors (Lipinski definition) is 2. The molecule has 2 aromatic rings. The van der Waals surface area contributed by atoms with Crippen molar-refractivity contribution in [2.24, 2.45) is 10.9 Å². The number of aliphatic imine (C=N–C) groups is 1. The number of carbonyl (C=O) groups excluding carboxylic acids is 1. The highest BCUT2D eigenvalue weighted by Gasteiger charge is 2.27. The normalized spacial score (nSPS) is 15.9. The number of benzene rings is 2. The van der Waals surface area contributed by atoms with Crippen LogP contribution in [0.4, 0.5) is 0 Å². The van der Waals surface area contributed by atoms with Crippen molar-refractivity contribution in [2.45, 2.75) is 46.4 Å². The largest absolute Gasteiger partial charge is 0.489 e. The number of guanidine groups is 1. The number of amides is 1. The van der Waals surface area contributed by atoms with Crippen LogP contribution in [0.25, 0.3) is 0 Å². The van der Waals surface area contributed by atoms with Crippen molar-refractivity contribution in [3.8, 4) is 5.75 Å². The molecule has 3 rings (SSSR count). The van der Waals surface area contributed by atoms with E-state index in [1.54, 1.807) is 0 Å². The first kappa shape index (κ1) is 26.0. The second-order valence-electron chi connectivity index (χ2n) is 8.19. The number of ether oxygens (including phenoxy) is 1. The summed E-state index contributed by atoms with van der Waals surface area (Å²) in [5, 5.41) is 6.80. The van der Waals surface area contributed by atoms with Crippen LogP contribution in [0.2, 0.25) is 0 Å². The predicted molar refractivity (Wildman–Crippen MR) is 140 cm³/mol. The molecule has 2 N–H and O–H groups in total. The molecule has 174 valence electrons. The fraction of sp³-hybridized carbons (Fsp3) is 0.440. The Bertz CT molecular complexity index is 873. The maximum Gasteiger partial charge on any atom is 0.225 e. The second kappa shape index (κ2) is 13.3. The SMILES string of the molecule is CCNC(=NCc1cccc(OCc2ccccc2)c1)NC1CCN(C(=O)C(C)C)C1.I. The van der Waals surface area contributed by atoms with E-state index in [0.717, 1.165) is 48.9 Å². The second-order valence-corrected chi connectivity index (χ2v) is 8.19. The van der Waals surface area contributed by atoms with Gasteiger partial charge in [-0.1, -0.05) is 56.3 Å². The topological polar surface area (TPSA) is 66.0 Å². The van der Waals surface area contributed by atoms with Crippen LogP contribution >= 0.6 is 24.0 Å². The van der Waals surface area contributed by atoms with Gasteiger partial charge in [0.1, 0.15) is 12.4 Å². The van der Waals surface area contributed by atoms with E-state index >= 15 is 0 Å². The Kier molecular flexibility index (Phi) is 10.8. The van der Waals surface area contributed by atoms with Gasteiger partial charge in [-0.25, -0.2) is 4.99 Å². The molecule has 0 saturated carbocycles. The molecule has 1 unspecified atom stereocenters. The van der Waals surface area contributed by atoms with Gasteiger partial charge >= 0.3 is 0 Å². The minimum absolute atomic E-state index is 0. The number of likely N-dealkylation sites (tertiary alicyclic amines) is 1. The van der Waals surface area contributed by atoms with E-state index in [2.05, 4.69) is 35.8 Å². The van der Waals surface area contributed by atoms with E-state index in [4.69, 9.17) is 9.73 Å². The van der Waals surface area contributed by atoms with Gasteiger partial charge in [-0.3, -0.25) is 4.79 Å². The Hall–Kier alpha value is -2.29. The Labute approximate surface area is 208 Å². The predicted octanol–water partition coefficient (Wildman–Crippen LogP) is 4.20. The molecule has 2 aromatic carbocycles. The van der Waals surface area contributed by atoms with Gasteiger partial charge < -0.3 is 20.3 Å². The first-order chi connectivity index (χ1) is 15.0. The number of carbonyl (C=O) groups is 1. The highest BCUT2D eigenvalue weighted by Crippen LogP contribution is 2.16. The number of nitrogens with zero attached hydrogens (tertiary/aromatic N) is 2. The fourth-order valence-electron chi connectivity index (χ4n) is 3.60. The first-order valence-electron chi connectivity index (χ1n) is 11.1. The summed E-state index contributed by atoms with van der Waals surface area (Å²) >= 11 is 0. The van der Waals surface area contributed by atoms with Crippen LogP contribution in [0.3, 0.4) is 0 Å². The van der Waals surface area contributed by atoms with Crippen LogP contribution < -0.4 is 15.4 Å². The van der Waals surface area contributed by atoms with Crippen molar-refractivity contribution in [1.29, 1.82) is 0 Å². The van der Waals surface area contributed by atoms with Crippen molar-refractivity contribution in [3.63, 3.8) is 0 Å². The molecule has 6 nitrogen and oxygen atoms in total. The van der Waals surface area contributed by atoms with Crippen LogP contribution in [0.1, 0.15) is 38.3 Å². The molecule has 7 heteroatoms. The van der Waals surface area contributed by atoms with Crippen molar-refractivity contribution in [1.82, 2.24) is 15.5 Å². The maximum absolute atomic E-state index is 12.2. The molecule has 1 aliphatic heterocycles. The third-order valence-electron chi connectivity index (χ3n) is 5.25. The van der Waals surface area contributed by atoms with Crippen molar-refractivity contribution in [2.75, 3.05) is 19.6 Å². The Balaban J connectivity index is 0.00000363. The van der Waals surface area contributed by atoms with E-state index in [1.807, 2.05) is 55.1 Å². The number of rotatable bonds is 8. The molecule has 32 heavy (non-hydrogen) atoms. The zero-order valence-corrected chi connectivity index (χ0v) is 21.5. The molecule has 0 aromatic heterocycles. The van der Waals surface area contributed by atoms with Crippen LogP contribution in [-0.2, 0) is 17.9 Å². The van der Waals surface area contributed by atoms with Gasteiger partial charge in [0.05, 0.1) is 6.54 Å². The van der Waals surface area contributed by atoms with Crippen LogP contribution in [0.15, 0.2) is 59.6 Å². The van der Waals surface area contributed by atoms with Gasteiger partial charge in [-0.15, -0.1) is 24.0 Å². The molecule has 1 atom stereocenters. The first-order valence-corrected chi connectivity index (χ1v) is 11.1. The molecule has 0 bridgehead atoms. The Morgan fingerprint density at radius 1 is 1.16 bits per heavy atom. The van der Waals surface area contributed by atoms with Gasteiger partial charge in [0.25, 0.3) is 0 Å². The van der Waals surface area contributed by atoms with Crippen molar-refractivity contribution >= 4 is 35.8 Å². The molecule has 1 fully saturated rings. The summed E-state index contributed by atoms with van der Waals surface area (Å²) in [4.78, 5) is 18.9. The lowest BCUT2D eigenvalue weighted by molar-refractivity contribution is -0.133. The van der Waals surface area contributed by atoms with Gasteiger partial charge in [-0.2, -0.15) is 0 Å². The molecule has 1 amide bonds. The Morgan fingerprint density at radius 2 is 1.91 bits per heavy atom. The number of nitrogens with one attached hydrogen (secondary N) is 2. The molecule has 0 radical (unpaired) electrons. The summed E-state index contributed by atoms with van der Waals surface area (Å²) in [5.74, 6) is 1.88. The van der Waals surface area contributed by atoms with E-state index in [-0.39, 0.29) is 41.8 Å². The molecule has 1 aliphatic rings. The fourth-order valence-corrected chi connectivity index (χ4v) is 3.60. The van der Waals surface area contributed by atoms with Crippen LogP contribution in [0, 0.1) is 5.92 Å². The Morgan fingerprint density at radius 3 is 2.62 bits per heavy atom. The zero-order chi connectivity index (χ0) is 22.1. The highest BCUT2D eigenvalue weighted by molar-refractivity contribution is 14.0. The summed E-state index contributed by atoms with van der Waals surface area (Å²) in [6, 6.07) is 18.4. The van der Waals surface area contributed by atoms with E-state index < -0.39 is 0 Å². The van der Waals surface area contributed by atoms with Gasteiger partial charge in [0.2, 0.25) is 5.91 Å². The zero-order valence-electron chi connectivity index (χ0n) is 19.2. The third kappa shape index (κ3) is 8.00. The summed E-state index contributed by atoms with van der Waals surface area (Å²) in [6.07, 6.45) is 0.936. The summed E-state index contributed by atoms with van der Waals surface area (Å²) in [7, 11) is 0. The van der Waals surface area contributed by atoms with Crippen molar-refractivity contribution in [3.05, 3.63) is 65.7 Å². The number of halogens is 1. The average molecular weight is 550 g/mol. The molecule has 0 spiro atoms. The molecule has 0 aliphatic carbocycles. The average Bonchev–Trinajstić information content (AvgIpc) is 3.25. The van der Waals surface area contributed by atoms with Crippen LogP contribution in [-0.4, -0.2) is 42.4 Å². The summed E-state index contributed by atoms with van der Waals surface area (Å²) in [6.45, 7) is 9.37. The van der Waals surface area contributed by atoms with E-state index in [1.165, 1.54) is 0 Å². The monoisotopic (exact) mass is 550 g/mol. The lowest BCUT2D eigenvalue weighted by atomic mass is 10.2. The molecular formula is C25H35IN4O2. The minimum Gasteiger partial charge on any atom is -0.489 e.